The van der Waals surface area contributed by atoms with Crippen LogP contribution in [0.4, 0.5) is 0 Å². The van der Waals surface area contributed by atoms with Gasteiger partial charge in [0.15, 0.2) is 5.58 Å². The van der Waals surface area contributed by atoms with Crippen LogP contribution in [0.5, 0.6) is 5.88 Å². The van der Waals surface area contributed by atoms with Crippen molar-refractivity contribution in [3.05, 3.63) is 72.3 Å². The number of carboxylic acid groups (broad SMARTS) is 2. The molecule has 0 unspecified atom stereocenters. The summed E-state index contributed by atoms with van der Waals surface area (Å²) in [6.07, 6.45) is 4.69. The van der Waals surface area contributed by atoms with Gasteiger partial charge in [0.1, 0.15) is 0 Å². The zero-order valence-electron chi connectivity index (χ0n) is 18.3. The number of hydrogen-bond donors (Lipinski definition) is 2. The number of rotatable bonds is 8. The average molecular weight is 453 g/mol. The Labute approximate surface area is 192 Å². The molecule has 1 aromatic heterocycles. The average Bonchev–Trinajstić information content (AvgIpc) is 3.23. The number of piperidine rings is 1. The topological polar surface area (TPSA) is 113 Å². The molecule has 1 aliphatic heterocycles. The van der Waals surface area contributed by atoms with Crippen molar-refractivity contribution in [3.63, 3.8) is 0 Å². The van der Waals surface area contributed by atoms with Gasteiger partial charge in [-0.1, -0.05) is 42.5 Å². The van der Waals surface area contributed by atoms with E-state index >= 15 is 0 Å². The molecule has 174 valence electrons. The number of aromatic nitrogens is 1. The summed E-state index contributed by atoms with van der Waals surface area (Å²) in [5.41, 5.74) is 2.19. The van der Waals surface area contributed by atoms with Gasteiger partial charge in [-0.2, -0.15) is 0 Å². The molecule has 1 aliphatic rings. The van der Waals surface area contributed by atoms with Gasteiger partial charge in [0.2, 0.25) is 0 Å². The maximum Gasteiger partial charge on any atom is 0.328 e. The van der Waals surface area contributed by atoms with Gasteiger partial charge in [-0.15, -0.1) is 0 Å². The molecule has 0 bridgehead atoms. The Hall–Kier alpha value is -3.65. The fraction of sp³-hybridized carbons (Fsp3) is 0.320. The quantitative estimate of drug-likeness (QED) is 0.489. The van der Waals surface area contributed by atoms with Crippen molar-refractivity contribution < 1.29 is 29.1 Å². The Morgan fingerprint density at radius 1 is 1.00 bits per heavy atom. The van der Waals surface area contributed by atoms with Crippen molar-refractivity contribution >= 4 is 22.9 Å². The summed E-state index contributed by atoms with van der Waals surface area (Å²) in [5.74, 6) is -1.15. The summed E-state index contributed by atoms with van der Waals surface area (Å²) < 4.78 is 11.1. The Morgan fingerprint density at radius 2 is 1.64 bits per heavy atom. The number of hydrogen-bond acceptors (Lipinski definition) is 6. The highest BCUT2D eigenvalue weighted by Crippen LogP contribution is 2.26. The standard InChI is InChI=1S/C21H24N2O2.C4H4O4/c1-2-6-18(7-3-1)16-23-13-10-17(11-14-23)12-15-24-21-19-8-4-5-9-20(19)25-22-21;5-3(6)1-2-4(7)8/h1-9,17H,10-16H2;1-2H,(H,5,6)(H,7,8)/b;2-1-. The molecule has 0 atom stereocenters. The van der Waals surface area contributed by atoms with Gasteiger partial charge in [-0.05, 0) is 61.1 Å². The number of fused-ring (bicyclic) bond motifs is 1. The molecule has 0 spiro atoms. The van der Waals surface area contributed by atoms with Gasteiger partial charge < -0.3 is 19.5 Å². The number of carboxylic acids is 2. The first-order chi connectivity index (χ1) is 16.0. The summed E-state index contributed by atoms with van der Waals surface area (Å²) in [4.78, 5) is 21.7. The van der Waals surface area contributed by atoms with Crippen LogP contribution in [0.1, 0.15) is 24.8 Å². The molecule has 2 aromatic carbocycles. The third-order valence-electron chi connectivity index (χ3n) is 5.43. The van der Waals surface area contributed by atoms with Gasteiger partial charge in [-0.25, -0.2) is 9.59 Å². The maximum absolute atomic E-state index is 9.55. The molecule has 0 aliphatic carbocycles. The number of benzene rings is 2. The molecule has 0 radical (unpaired) electrons. The third kappa shape index (κ3) is 8.08. The summed E-state index contributed by atoms with van der Waals surface area (Å²) >= 11 is 0. The Morgan fingerprint density at radius 3 is 2.30 bits per heavy atom. The van der Waals surface area contributed by atoms with Crippen molar-refractivity contribution in [2.24, 2.45) is 5.92 Å². The Bertz CT molecular complexity index is 1040. The smallest absolute Gasteiger partial charge is 0.328 e. The highest BCUT2D eigenvalue weighted by Gasteiger charge is 2.19. The first-order valence-electron chi connectivity index (χ1n) is 10.9. The van der Waals surface area contributed by atoms with E-state index in [0.717, 1.165) is 29.9 Å². The highest BCUT2D eigenvalue weighted by molar-refractivity contribution is 5.89. The van der Waals surface area contributed by atoms with Crippen molar-refractivity contribution in [1.29, 1.82) is 0 Å². The lowest BCUT2D eigenvalue weighted by Gasteiger charge is -2.31. The number of nitrogens with zero attached hydrogens (tertiary/aromatic N) is 2. The summed E-state index contributed by atoms with van der Waals surface area (Å²) in [7, 11) is 0. The van der Waals surface area contributed by atoms with Gasteiger partial charge in [-0.3, -0.25) is 4.90 Å². The predicted octanol–water partition coefficient (Wildman–Crippen LogP) is 4.22. The zero-order valence-corrected chi connectivity index (χ0v) is 18.3. The van der Waals surface area contributed by atoms with Crippen LogP contribution >= 0.6 is 0 Å². The summed E-state index contributed by atoms with van der Waals surface area (Å²) in [5, 5.41) is 20.6. The molecule has 33 heavy (non-hydrogen) atoms. The summed E-state index contributed by atoms with van der Waals surface area (Å²) in [6, 6.07) is 18.6. The molecule has 3 aromatic rings. The lowest BCUT2D eigenvalue weighted by molar-refractivity contribution is -0.134. The molecule has 1 fully saturated rings. The second-order valence-corrected chi connectivity index (χ2v) is 7.84. The van der Waals surface area contributed by atoms with Crippen LogP contribution in [-0.4, -0.2) is 51.9 Å². The minimum atomic E-state index is -1.26. The fourth-order valence-corrected chi connectivity index (χ4v) is 3.71. The molecular formula is C25H28N2O6. The van der Waals surface area contributed by atoms with E-state index in [0.29, 0.717) is 24.6 Å². The molecule has 1 saturated heterocycles. The van der Waals surface area contributed by atoms with Crippen LogP contribution in [-0.2, 0) is 16.1 Å². The highest BCUT2D eigenvalue weighted by atomic mass is 16.5. The van der Waals surface area contributed by atoms with Gasteiger partial charge in [0.05, 0.1) is 12.0 Å². The van der Waals surface area contributed by atoms with E-state index in [1.54, 1.807) is 0 Å². The number of likely N-dealkylation sites (tertiary alicyclic amines) is 1. The molecule has 8 nitrogen and oxygen atoms in total. The zero-order chi connectivity index (χ0) is 23.5. The van der Waals surface area contributed by atoms with Crippen LogP contribution in [0.2, 0.25) is 0 Å². The number of carbonyl (C=O) groups is 2. The van der Waals surface area contributed by atoms with Gasteiger partial charge >= 0.3 is 11.9 Å². The molecule has 0 saturated carbocycles. The fourth-order valence-electron chi connectivity index (χ4n) is 3.71. The van der Waals surface area contributed by atoms with Gasteiger partial charge in [0, 0.05) is 18.7 Å². The monoisotopic (exact) mass is 452 g/mol. The lowest BCUT2D eigenvalue weighted by Crippen LogP contribution is -2.33. The molecule has 2 N–H and O–H groups in total. The molecule has 0 amide bonds. The van der Waals surface area contributed by atoms with E-state index in [4.69, 9.17) is 19.5 Å². The van der Waals surface area contributed by atoms with Crippen LogP contribution in [0.3, 0.4) is 0 Å². The molecular weight excluding hydrogens is 424 g/mol. The minimum absolute atomic E-state index is 0.558. The molecule has 8 heteroatoms. The van der Waals surface area contributed by atoms with E-state index in [1.165, 1.54) is 31.5 Å². The normalized spacial score (nSPS) is 14.7. The SMILES string of the molecule is O=C(O)/C=C\C(=O)O.c1ccc(CN2CCC(CCOc3noc4ccccc34)CC2)cc1. The third-order valence-corrected chi connectivity index (χ3v) is 5.43. The maximum atomic E-state index is 9.55. The second kappa shape index (κ2) is 12.4. The van der Waals surface area contributed by atoms with E-state index in [2.05, 4.69) is 40.4 Å². The van der Waals surface area contributed by atoms with Crippen LogP contribution in [0.25, 0.3) is 11.0 Å². The van der Waals surface area contributed by atoms with Crippen LogP contribution < -0.4 is 4.74 Å². The minimum Gasteiger partial charge on any atom is -0.478 e. The largest absolute Gasteiger partial charge is 0.478 e. The van der Waals surface area contributed by atoms with E-state index in [-0.39, 0.29) is 0 Å². The Kier molecular flexibility index (Phi) is 9.02. The van der Waals surface area contributed by atoms with Crippen LogP contribution in [0.15, 0.2) is 71.3 Å². The predicted molar refractivity (Wildman–Crippen MR) is 123 cm³/mol. The first-order valence-corrected chi connectivity index (χ1v) is 10.9. The van der Waals surface area contributed by atoms with Gasteiger partial charge in [0.25, 0.3) is 5.88 Å². The number of aliphatic carboxylic acids is 2. The van der Waals surface area contributed by atoms with E-state index in [1.807, 2.05) is 24.3 Å². The van der Waals surface area contributed by atoms with E-state index in [9.17, 15) is 9.59 Å². The van der Waals surface area contributed by atoms with Crippen molar-refractivity contribution in [2.75, 3.05) is 19.7 Å². The number of para-hydroxylation sites is 1. The van der Waals surface area contributed by atoms with Crippen molar-refractivity contribution in [1.82, 2.24) is 10.1 Å². The Balaban J connectivity index is 0.000000331. The lowest BCUT2D eigenvalue weighted by atomic mass is 9.93. The summed E-state index contributed by atoms with van der Waals surface area (Å²) in [6.45, 7) is 4.12. The second-order valence-electron chi connectivity index (χ2n) is 7.84. The van der Waals surface area contributed by atoms with E-state index < -0.39 is 11.9 Å². The van der Waals surface area contributed by atoms with Crippen molar-refractivity contribution in [3.8, 4) is 5.88 Å². The van der Waals surface area contributed by atoms with Crippen LogP contribution in [0, 0.1) is 5.92 Å². The molecule has 2 heterocycles. The number of ether oxygens (including phenoxy) is 1. The van der Waals surface area contributed by atoms with Crippen molar-refractivity contribution in [2.45, 2.75) is 25.8 Å². The molecule has 4 rings (SSSR count). The first kappa shape index (κ1) is 24.0.